The molecule has 4 heterocycles. The van der Waals surface area contributed by atoms with E-state index >= 15 is 0 Å². The zero-order valence-corrected chi connectivity index (χ0v) is 24.9. The summed E-state index contributed by atoms with van der Waals surface area (Å²) in [6.07, 6.45) is 4.33. The number of H-pyrrole nitrogens is 1. The van der Waals surface area contributed by atoms with Crippen LogP contribution in [-0.4, -0.2) is 67.8 Å². The smallest absolute Gasteiger partial charge is 0.347 e. The molecule has 2 saturated heterocycles. The SMILES string of the molecule is O=c1[nH]ncn1-c1ccc(N2CCN(c3ccc(CSC4COC(Cn5cncn5)(c5cccc(F)c5F)O4)cc3)CC2)cc1. The molecule has 1 N–H and O–H groups in total. The van der Waals surface area contributed by atoms with Gasteiger partial charge in [-0.15, -0.1) is 11.8 Å². The zero-order chi connectivity index (χ0) is 30.8. The van der Waals surface area contributed by atoms with E-state index in [0.29, 0.717) is 5.75 Å². The fourth-order valence-corrected chi connectivity index (χ4v) is 6.63. The summed E-state index contributed by atoms with van der Waals surface area (Å²) in [6, 6.07) is 20.4. The monoisotopic (exact) mass is 632 g/mol. The Hall–Kier alpha value is -4.53. The van der Waals surface area contributed by atoms with Crippen LogP contribution >= 0.6 is 11.8 Å². The lowest BCUT2D eigenvalue weighted by atomic mass is 10.0. The van der Waals surface area contributed by atoms with Gasteiger partial charge in [-0.2, -0.15) is 10.2 Å². The number of aromatic nitrogens is 6. The topological polar surface area (TPSA) is 106 Å². The second kappa shape index (κ2) is 12.5. The fourth-order valence-electron chi connectivity index (χ4n) is 5.67. The normalized spacial score (nSPS) is 20.2. The molecule has 0 bridgehead atoms. The maximum absolute atomic E-state index is 14.9. The van der Waals surface area contributed by atoms with Crippen molar-refractivity contribution < 1.29 is 18.3 Å². The van der Waals surface area contributed by atoms with E-state index in [9.17, 15) is 13.6 Å². The number of ether oxygens (including phenoxy) is 2. The molecular formula is C31H30F2N8O3S. The van der Waals surface area contributed by atoms with Gasteiger partial charge in [-0.25, -0.2) is 32.9 Å². The summed E-state index contributed by atoms with van der Waals surface area (Å²) in [5, 5.41) is 10.3. The largest absolute Gasteiger partial charge is 0.368 e. The summed E-state index contributed by atoms with van der Waals surface area (Å²) in [4.78, 5) is 20.5. The molecule has 7 rings (SSSR count). The van der Waals surface area contributed by atoms with Gasteiger partial charge in [0.25, 0.3) is 0 Å². The minimum absolute atomic E-state index is 0.00587. The van der Waals surface area contributed by atoms with Crippen molar-refractivity contribution in [2.75, 3.05) is 42.6 Å². The Bertz CT molecular complexity index is 1790. The number of thioether (sulfide) groups is 1. The van der Waals surface area contributed by atoms with Gasteiger partial charge in [-0.05, 0) is 48.0 Å². The van der Waals surface area contributed by atoms with Crippen LogP contribution in [-0.2, 0) is 27.6 Å². The molecule has 2 aliphatic rings. The Morgan fingerprint density at radius 2 is 1.60 bits per heavy atom. The molecule has 2 atom stereocenters. The average molecular weight is 633 g/mol. The Labute approximate surface area is 261 Å². The number of hydrogen-bond donors (Lipinski definition) is 1. The summed E-state index contributed by atoms with van der Waals surface area (Å²) >= 11 is 1.54. The molecule has 45 heavy (non-hydrogen) atoms. The van der Waals surface area contributed by atoms with Gasteiger partial charge in [0.05, 0.1) is 17.9 Å². The van der Waals surface area contributed by atoms with Crippen LogP contribution in [0.15, 0.2) is 90.5 Å². The molecule has 0 aliphatic carbocycles. The van der Waals surface area contributed by atoms with Crippen LogP contribution in [0.1, 0.15) is 11.1 Å². The number of rotatable bonds is 9. The van der Waals surface area contributed by atoms with Gasteiger partial charge >= 0.3 is 5.69 Å². The summed E-state index contributed by atoms with van der Waals surface area (Å²) in [6.45, 7) is 3.77. The molecule has 2 aliphatic heterocycles. The second-order valence-electron chi connectivity index (χ2n) is 10.8. The van der Waals surface area contributed by atoms with Gasteiger partial charge in [0, 0.05) is 43.3 Å². The van der Waals surface area contributed by atoms with E-state index in [2.05, 4.69) is 54.3 Å². The highest BCUT2D eigenvalue weighted by Gasteiger charge is 2.46. The third kappa shape index (κ3) is 6.08. The van der Waals surface area contributed by atoms with Crippen LogP contribution < -0.4 is 15.5 Å². The summed E-state index contributed by atoms with van der Waals surface area (Å²) < 4.78 is 44.3. The average Bonchev–Trinajstić information content (AvgIpc) is 3.84. The minimum atomic E-state index is -1.52. The van der Waals surface area contributed by atoms with E-state index < -0.39 is 22.9 Å². The predicted molar refractivity (Wildman–Crippen MR) is 165 cm³/mol. The van der Waals surface area contributed by atoms with E-state index in [-0.39, 0.29) is 24.4 Å². The van der Waals surface area contributed by atoms with E-state index in [4.69, 9.17) is 9.47 Å². The van der Waals surface area contributed by atoms with Gasteiger partial charge in [-0.1, -0.05) is 24.3 Å². The summed E-state index contributed by atoms with van der Waals surface area (Å²) in [5.74, 6) is -2.82. The molecule has 0 spiro atoms. The number of nitrogens with zero attached hydrogens (tertiary/aromatic N) is 7. The van der Waals surface area contributed by atoms with E-state index in [1.54, 1.807) is 11.8 Å². The van der Waals surface area contributed by atoms with Crippen molar-refractivity contribution in [3.8, 4) is 5.69 Å². The van der Waals surface area contributed by atoms with Gasteiger partial charge < -0.3 is 19.3 Å². The molecule has 2 fully saturated rings. The second-order valence-corrected chi connectivity index (χ2v) is 12.0. The molecule has 2 aromatic heterocycles. The predicted octanol–water partition coefficient (Wildman–Crippen LogP) is 3.92. The molecule has 3 aromatic carbocycles. The standard InChI is InChI=1S/C31H30F2N8O3S/c32-27-3-1-2-26(29(27)33)31(18-40-20-34-19-36-40)43-16-28(44-31)45-17-22-4-6-23(7-5-22)38-12-14-39(15-13-38)24-8-10-25(11-9-24)41-21-35-37-30(41)42/h1-11,19-21,28H,12-18H2,(H,37,42). The highest BCUT2D eigenvalue weighted by Crippen LogP contribution is 2.41. The summed E-state index contributed by atoms with van der Waals surface area (Å²) in [7, 11) is 0. The third-order valence-electron chi connectivity index (χ3n) is 8.04. The van der Waals surface area contributed by atoms with Gasteiger partial charge in [-0.3, -0.25) is 0 Å². The van der Waals surface area contributed by atoms with Crippen LogP contribution in [0.3, 0.4) is 0 Å². The molecule has 14 heteroatoms. The number of hydrogen-bond acceptors (Lipinski definition) is 9. The zero-order valence-electron chi connectivity index (χ0n) is 24.1. The molecule has 11 nitrogen and oxygen atoms in total. The fraction of sp³-hybridized carbons (Fsp3) is 0.290. The van der Waals surface area contributed by atoms with Crippen molar-refractivity contribution in [3.05, 3.63) is 119 Å². The van der Waals surface area contributed by atoms with Crippen LogP contribution in [0.25, 0.3) is 5.69 Å². The number of anilines is 2. The number of benzene rings is 3. The Morgan fingerprint density at radius 3 is 2.24 bits per heavy atom. The van der Waals surface area contributed by atoms with Crippen molar-refractivity contribution >= 4 is 23.1 Å². The van der Waals surface area contributed by atoms with Crippen molar-refractivity contribution in [3.63, 3.8) is 0 Å². The first kappa shape index (κ1) is 29.2. The molecule has 2 unspecified atom stereocenters. The van der Waals surface area contributed by atoms with Crippen LogP contribution in [0, 0.1) is 11.6 Å². The van der Waals surface area contributed by atoms with E-state index in [1.165, 1.54) is 40.4 Å². The molecular weight excluding hydrogens is 602 g/mol. The van der Waals surface area contributed by atoms with Gasteiger partial charge in [0.15, 0.2) is 11.6 Å². The highest BCUT2D eigenvalue weighted by atomic mass is 32.2. The Morgan fingerprint density at radius 1 is 0.911 bits per heavy atom. The minimum Gasteiger partial charge on any atom is -0.368 e. The summed E-state index contributed by atoms with van der Waals surface area (Å²) in [5.41, 5.74) is 3.51. The molecule has 0 radical (unpaired) electrons. The lowest BCUT2D eigenvalue weighted by molar-refractivity contribution is -0.183. The number of halogens is 2. The van der Waals surface area contributed by atoms with Gasteiger partial charge in [0.2, 0.25) is 5.79 Å². The van der Waals surface area contributed by atoms with E-state index in [1.807, 2.05) is 24.3 Å². The lowest BCUT2D eigenvalue weighted by Gasteiger charge is -2.37. The van der Waals surface area contributed by atoms with Crippen molar-refractivity contribution in [2.24, 2.45) is 0 Å². The van der Waals surface area contributed by atoms with Crippen LogP contribution in [0.5, 0.6) is 0 Å². The van der Waals surface area contributed by atoms with Crippen molar-refractivity contribution in [1.29, 1.82) is 0 Å². The van der Waals surface area contributed by atoms with E-state index in [0.717, 1.165) is 54.9 Å². The molecule has 5 aromatic rings. The maximum Gasteiger partial charge on any atom is 0.347 e. The Balaban J connectivity index is 0.939. The van der Waals surface area contributed by atoms with Crippen LogP contribution in [0.4, 0.5) is 20.2 Å². The maximum atomic E-state index is 14.9. The highest BCUT2D eigenvalue weighted by molar-refractivity contribution is 7.99. The van der Waals surface area contributed by atoms with Crippen LogP contribution in [0.2, 0.25) is 0 Å². The van der Waals surface area contributed by atoms with Crippen molar-refractivity contribution in [2.45, 2.75) is 23.5 Å². The first-order chi connectivity index (χ1) is 22.0. The molecule has 0 amide bonds. The molecule has 232 valence electrons. The number of piperazine rings is 1. The van der Waals surface area contributed by atoms with Gasteiger partial charge in [0.1, 0.15) is 31.0 Å². The first-order valence-corrected chi connectivity index (χ1v) is 15.5. The lowest BCUT2D eigenvalue weighted by Crippen LogP contribution is -2.46. The first-order valence-electron chi connectivity index (χ1n) is 14.5. The molecule has 0 saturated carbocycles. The van der Waals surface area contributed by atoms with Crippen molar-refractivity contribution in [1.82, 2.24) is 29.5 Å². The Kier molecular flexibility index (Phi) is 8.08. The number of aromatic amines is 1. The third-order valence-corrected chi connectivity index (χ3v) is 9.14. The number of nitrogens with one attached hydrogen (secondary N) is 1. The quantitative estimate of drug-likeness (QED) is 0.259.